The minimum absolute atomic E-state index is 0.151. The quantitative estimate of drug-likeness (QED) is 0.411. The van der Waals surface area contributed by atoms with E-state index in [1.165, 1.54) is 68.3 Å². The monoisotopic (exact) mass is 408 g/mol. The van der Waals surface area contributed by atoms with Gasteiger partial charge in [0.2, 0.25) is 0 Å². The standard InChI is InChI=1S/C27H36O3/c1-3-26(28)30-20-10-12-21-18(17-20)9-11-23-22(21)15-16-27(2)24(23)13-14-25(27)29-19-7-5-4-6-8-19/h7,10,12,17,22-25H,3-6,8-9,11,13-16H2,1-2H3/t22-,23-,24+,25+,27+/m1/s1. The highest BCUT2D eigenvalue weighted by atomic mass is 16.5. The summed E-state index contributed by atoms with van der Waals surface area (Å²) in [5.41, 5.74) is 3.25. The first-order valence-corrected chi connectivity index (χ1v) is 12.3. The molecule has 0 aromatic heterocycles. The fourth-order valence-corrected chi connectivity index (χ4v) is 7.07. The number of aryl methyl sites for hydroxylation is 1. The number of carbonyl (C=O) groups is 1. The number of esters is 1. The molecule has 5 atom stereocenters. The summed E-state index contributed by atoms with van der Waals surface area (Å²) in [5, 5.41) is 0. The van der Waals surface area contributed by atoms with Crippen molar-refractivity contribution in [2.75, 3.05) is 0 Å². The van der Waals surface area contributed by atoms with E-state index in [1.54, 1.807) is 0 Å². The Morgan fingerprint density at radius 2 is 2.03 bits per heavy atom. The van der Waals surface area contributed by atoms with E-state index in [2.05, 4.69) is 25.1 Å². The Kier molecular flexibility index (Phi) is 5.41. The van der Waals surface area contributed by atoms with Gasteiger partial charge in [-0.15, -0.1) is 0 Å². The lowest BCUT2D eigenvalue weighted by atomic mass is 9.55. The van der Waals surface area contributed by atoms with Crippen LogP contribution in [0.25, 0.3) is 0 Å². The summed E-state index contributed by atoms with van der Waals surface area (Å²) in [7, 11) is 0. The van der Waals surface area contributed by atoms with Gasteiger partial charge in [-0.05, 0) is 105 Å². The normalized spacial score (nSPS) is 34.9. The molecule has 2 fully saturated rings. The van der Waals surface area contributed by atoms with Crippen LogP contribution in [-0.4, -0.2) is 12.1 Å². The topological polar surface area (TPSA) is 35.5 Å². The number of hydrogen-bond donors (Lipinski definition) is 0. The van der Waals surface area contributed by atoms with Crippen LogP contribution in [0, 0.1) is 17.3 Å². The van der Waals surface area contributed by atoms with E-state index in [4.69, 9.17) is 9.47 Å². The number of ether oxygens (including phenoxy) is 2. The molecule has 0 unspecified atom stereocenters. The number of fused-ring (bicyclic) bond motifs is 5. The Balaban J connectivity index is 1.33. The highest BCUT2D eigenvalue weighted by Gasteiger charge is 2.55. The van der Waals surface area contributed by atoms with Crippen LogP contribution in [0.3, 0.4) is 0 Å². The molecule has 0 spiro atoms. The highest BCUT2D eigenvalue weighted by molar-refractivity contribution is 5.72. The zero-order chi connectivity index (χ0) is 20.7. The van der Waals surface area contributed by atoms with Gasteiger partial charge >= 0.3 is 5.97 Å². The molecule has 1 aromatic rings. The summed E-state index contributed by atoms with van der Waals surface area (Å²) in [6.07, 6.45) is 15.6. The number of hydrogen-bond acceptors (Lipinski definition) is 3. The van der Waals surface area contributed by atoms with Crippen LogP contribution in [0.4, 0.5) is 0 Å². The van der Waals surface area contributed by atoms with Gasteiger partial charge in [0.05, 0.1) is 5.76 Å². The van der Waals surface area contributed by atoms with Crippen LogP contribution in [0.2, 0.25) is 0 Å². The Bertz CT molecular complexity index is 841. The van der Waals surface area contributed by atoms with Gasteiger partial charge in [-0.2, -0.15) is 0 Å². The van der Waals surface area contributed by atoms with Gasteiger partial charge in [0.15, 0.2) is 0 Å². The molecule has 3 heteroatoms. The maximum atomic E-state index is 11.7. The summed E-state index contributed by atoms with van der Waals surface area (Å²) in [4.78, 5) is 11.7. The second-order valence-corrected chi connectivity index (χ2v) is 10.2. The third-order valence-corrected chi connectivity index (χ3v) is 8.67. The predicted molar refractivity (Wildman–Crippen MR) is 118 cm³/mol. The van der Waals surface area contributed by atoms with Crippen molar-refractivity contribution in [1.82, 2.24) is 0 Å². The van der Waals surface area contributed by atoms with E-state index in [0.717, 1.165) is 30.4 Å². The number of rotatable bonds is 4. The van der Waals surface area contributed by atoms with Crippen molar-refractivity contribution in [2.45, 2.75) is 96.5 Å². The Hall–Kier alpha value is -1.77. The molecule has 3 nitrogen and oxygen atoms in total. The van der Waals surface area contributed by atoms with E-state index in [0.29, 0.717) is 23.9 Å². The third kappa shape index (κ3) is 3.48. The summed E-state index contributed by atoms with van der Waals surface area (Å²) in [5.74, 6) is 4.05. The second-order valence-electron chi connectivity index (χ2n) is 10.2. The molecule has 0 heterocycles. The molecule has 0 aliphatic heterocycles. The van der Waals surface area contributed by atoms with Crippen molar-refractivity contribution < 1.29 is 14.3 Å². The lowest BCUT2D eigenvalue weighted by Gasteiger charge is -2.50. The molecular formula is C27H36O3. The predicted octanol–water partition coefficient (Wildman–Crippen LogP) is 6.70. The van der Waals surface area contributed by atoms with Crippen LogP contribution >= 0.6 is 0 Å². The van der Waals surface area contributed by atoms with Crippen LogP contribution in [-0.2, 0) is 16.0 Å². The molecule has 5 rings (SSSR count). The number of carbonyl (C=O) groups excluding carboxylic acids is 1. The fraction of sp³-hybridized carbons (Fsp3) is 0.667. The molecule has 4 aliphatic rings. The van der Waals surface area contributed by atoms with Crippen LogP contribution in [0.15, 0.2) is 30.0 Å². The summed E-state index contributed by atoms with van der Waals surface area (Å²) in [6, 6.07) is 6.39. The van der Waals surface area contributed by atoms with Crippen molar-refractivity contribution in [3.63, 3.8) is 0 Å². The van der Waals surface area contributed by atoms with Crippen molar-refractivity contribution in [3.05, 3.63) is 41.2 Å². The lowest BCUT2D eigenvalue weighted by Crippen LogP contribution is -2.44. The third-order valence-electron chi connectivity index (χ3n) is 8.67. The average molecular weight is 409 g/mol. The van der Waals surface area contributed by atoms with E-state index < -0.39 is 0 Å². The Morgan fingerprint density at radius 1 is 1.13 bits per heavy atom. The van der Waals surface area contributed by atoms with E-state index in [1.807, 2.05) is 13.0 Å². The molecule has 162 valence electrons. The average Bonchev–Trinajstić information content (AvgIpc) is 3.10. The van der Waals surface area contributed by atoms with E-state index >= 15 is 0 Å². The molecule has 0 N–H and O–H groups in total. The minimum Gasteiger partial charge on any atom is -0.495 e. The first-order valence-electron chi connectivity index (χ1n) is 12.3. The zero-order valence-electron chi connectivity index (χ0n) is 18.6. The zero-order valence-corrected chi connectivity index (χ0v) is 18.6. The van der Waals surface area contributed by atoms with Gasteiger partial charge in [-0.1, -0.05) is 19.9 Å². The Labute approximate surface area is 181 Å². The largest absolute Gasteiger partial charge is 0.495 e. The maximum Gasteiger partial charge on any atom is 0.310 e. The van der Waals surface area contributed by atoms with Crippen LogP contribution < -0.4 is 4.74 Å². The molecule has 0 bridgehead atoms. The fourth-order valence-electron chi connectivity index (χ4n) is 7.07. The molecule has 2 saturated carbocycles. The van der Waals surface area contributed by atoms with E-state index in [9.17, 15) is 4.79 Å². The van der Waals surface area contributed by atoms with Crippen LogP contribution in [0.1, 0.15) is 95.1 Å². The SMILES string of the molecule is CCC(=O)Oc1ccc2c(c1)CC[C@@H]1[C@@H]2CC[C@]2(C)[C@@H](OC3=CCCCC3)CC[C@@H]12. The molecule has 0 radical (unpaired) electrons. The van der Waals surface area contributed by atoms with Crippen LogP contribution in [0.5, 0.6) is 5.75 Å². The van der Waals surface area contributed by atoms with Gasteiger partial charge < -0.3 is 9.47 Å². The molecule has 30 heavy (non-hydrogen) atoms. The van der Waals surface area contributed by atoms with Crippen molar-refractivity contribution in [1.29, 1.82) is 0 Å². The van der Waals surface area contributed by atoms with Gasteiger partial charge in [0, 0.05) is 18.3 Å². The van der Waals surface area contributed by atoms with Gasteiger partial charge in [0.1, 0.15) is 11.9 Å². The maximum absolute atomic E-state index is 11.7. The molecule has 0 amide bonds. The van der Waals surface area contributed by atoms with Gasteiger partial charge in [-0.25, -0.2) is 0 Å². The first kappa shape index (κ1) is 20.2. The van der Waals surface area contributed by atoms with Crippen molar-refractivity contribution >= 4 is 5.97 Å². The lowest BCUT2D eigenvalue weighted by molar-refractivity contribution is -0.134. The number of benzene rings is 1. The van der Waals surface area contributed by atoms with Gasteiger partial charge in [0.25, 0.3) is 0 Å². The summed E-state index contributed by atoms with van der Waals surface area (Å²) in [6.45, 7) is 4.37. The number of allylic oxidation sites excluding steroid dienone is 2. The first-order chi connectivity index (χ1) is 14.6. The summed E-state index contributed by atoms with van der Waals surface area (Å²) < 4.78 is 12.1. The van der Waals surface area contributed by atoms with Gasteiger partial charge in [-0.3, -0.25) is 4.79 Å². The summed E-state index contributed by atoms with van der Waals surface area (Å²) >= 11 is 0. The van der Waals surface area contributed by atoms with Crippen molar-refractivity contribution in [3.8, 4) is 5.75 Å². The molecule has 4 aliphatic carbocycles. The van der Waals surface area contributed by atoms with Crippen molar-refractivity contribution in [2.24, 2.45) is 17.3 Å². The highest BCUT2D eigenvalue weighted by Crippen LogP contribution is 2.62. The molecule has 1 aromatic carbocycles. The molecular weight excluding hydrogens is 372 g/mol. The van der Waals surface area contributed by atoms with E-state index in [-0.39, 0.29) is 5.97 Å². The Morgan fingerprint density at radius 3 is 2.83 bits per heavy atom. The smallest absolute Gasteiger partial charge is 0.310 e. The second kappa shape index (κ2) is 8.05. The molecule has 0 saturated heterocycles. The minimum atomic E-state index is -0.151.